The first-order valence-electron chi connectivity index (χ1n) is 3.62. The molecule has 0 bridgehead atoms. The zero-order valence-corrected chi connectivity index (χ0v) is 9.38. The van der Waals surface area contributed by atoms with E-state index in [-0.39, 0.29) is 16.0 Å². The summed E-state index contributed by atoms with van der Waals surface area (Å²) in [6, 6.07) is 5.08. The maximum Gasteiger partial charge on any atom is 0.294 e. The van der Waals surface area contributed by atoms with E-state index in [1.807, 2.05) is 0 Å². The van der Waals surface area contributed by atoms with Gasteiger partial charge in [0, 0.05) is 5.56 Å². The molecule has 0 heterocycles. The van der Waals surface area contributed by atoms with Crippen molar-refractivity contribution in [2.45, 2.75) is 4.90 Å². The lowest BCUT2D eigenvalue weighted by atomic mass is 10.6. The molecule has 6 heteroatoms. The third kappa shape index (κ3) is 2.63. The fourth-order valence-electron chi connectivity index (χ4n) is 0.890. The Bertz CT molecular complexity index is 435. The van der Waals surface area contributed by atoms with Crippen molar-refractivity contribution in [2.75, 3.05) is 5.33 Å². The van der Waals surface area contributed by atoms with Gasteiger partial charge >= 0.3 is 0 Å². The summed E-state index contributed by atoms with van der Waals surface area (Å²) in [5.41, 5.74) is 0.397. The second-order valence-electron chi connectivity index (χ2n) is 2.56. The van der Waals surface area contributed by atoms with Crippen LogP contribution in [0.5, 0.6) is 0 Å². The molecular weight excluding hydrogens is 278 g/mol. The number of hydrogen-bond donors (Lipinski definition) is 1. The average molecular weight is 285 g/mol. The van der Waals surface area contributed by atoms with Crippen LogP contribution in [0.4, 0.5) is 0 Å². The fourth-order valence-corrected chi connectivity index (χ4v) is 1.69. The van der Waals surface area contributed by atoms with Gasteiger partial charge in [-0.15, -0.1) is 0 Å². The molecule has 0 aromatic heterocycles. The molecule has 0 aliphatic rings. The second-order valence-corrected chi connectivity index (χ2v) is 4.54. The maximum atomic E-state index is 11.1. The highest BCUT2D eigenvalue weighted by Crippen LogP contribution is 2.10. The summed E-state index contributed by atoms with van der Waals surface area (Å²) in [5, 5.41) is 0.179. The largest absolute Gasteiger partial charge is 0.294 e. The van der Waals surface area contributed by atoms with Gasteiger partial charge in [-0.2, -0.15) is 8.42 Å². The van der Waals surface area contributed by atoms with Crippen molar-refractivity contribution in [2.24, 2.45) is 0 Å². The number of halogens is 1. The first kappa shape index (κ1) is 11.4. The smallest absolute Gasteiger partial charge is 0.293 e. The Morgan fingerprint density at radius 3 is 2.14 bits per heavy atom. The zero-order chi connectivity index (χ0) is 10.8. The van der Waals surface area contributed by atoms with Crippen LogP contribution in [0.2, 0.25) is 0 Å². The molecule has 1 aromatic rings. The number of carbonyl (C=O) groups is 1. The second kappa shape index (κ2) is 4.20. The molecule has 0 atom stereocenters. The highest BCUT2D eigenvalue weighted by Gasteiger charge is 2.10. The molecule has 0 saturated carbocycles. The molecule has 1 N–H and O–H groups in total. The van der Waals surface area contributed by atoms with Gasteiger partial charge < -0.3 is 0 Å². The van der Waals surface area contributed by atoms with E-state index in [4.69, 9.17) is 4.55 Å². The van der Waals surface area contributed by atoms with Gasteiger partial charge in [0.25, 0.3) is 10.1 Å². The number of benzene rings is 1. The summed E-state index contributed by atoms with van der Waals surface area (Å²) in [6.07, 6.45) is 0. The molecule has 0 spiro atoms. The molecular formula is C8H7BrO4S. The van der Waals surface area contributed by atoms with Gasteiger partial charge in [0.05, 0.1) is 10.2 Å². The highest BCUT2D eigenvalue weighted by molar-refractivity contribution is 9.09. The highest BCUT2D eigenvalue weighted by atomic mass is 79.9. The predicted molar refractivity (Wildman–Crippen MR) is 54.4 cm³/mol. The number of carbonyl (C=O) groups excluding carboxylic acids is 1. The fraction of sp³-hybridized carbons (Fsp3) is 0.125. The molecule has 0 radical (unpaired) electrons. The van der Waals surface area contributed by atoms with Gasteiger partial charge in [-0.05, 0) is 24.3 Å². The molecule has 0 aliphatic heterocycles. The molecule has 0 aliphatic carbocycles. The summed E-state index contributed by atoms with van der Waals surface area (Å²) in [6.45, 7) is 0. The number of alkyl halides is 1. The number of rotatable bonds is 3. The van der Waals surface area contributed by atoms with E-state index in [2.05, 4.69) is 15.9 Å². The Morgan fingerprint density at radius 2 is 1.79 bits per heavy atom. The van der Waals surface area contributed by atoms with E-state index < -0.39 is 10.1 Å². The van der Waals surface area contributed by atoms with Crippen molar-refractivity contribution in [3.8, 4) is 0 Å². The molecule has 0 unspecified atom stereocenters. The third-order valence-corrected chi connectivity index (χ3v) is 2.97. The standard InChI is InChI=1S/C8H7BrO4S/c9-5-8(10)6-1-3-7(4-2-6)14(11,12)13/h1-4H,5H2,(H,11,12,13)/i1+1,2+1,3+1,4+1,6+1,7+1. The summed E-state index contributed by atoms with van der Waals surface area (Å²) in [4.78, 5) is 10.9. The van der Waals surface area contributed by atoms with Crippen LogP contribution in [0, 0.1) is 0 Å². The number of Topliss-reactive ketones (excluding diaryl/α,β-unsaturated/α-hetero) is 1. The maximum absolute atomic E-state index is 11.1. The normalized spacial score (nSPS) is 11.3. The molecule has 1 aromatic carbocycles. The molecule has 0 fully saturated rings. The summed E-state index contributed by atoms with van der Waals surface area (Å²) in [7, 11) is -4.18. The predicted octanol–water partition coefficient (Wildman–Crippen LogP) is 1.51. The van der Waals surface area contributed by atoms with Crippen molar-refractivity contribution in [3.63, 3.8) is 0 Å². The van der Waals surface area contributed by atoms with Gasteiger partial charge in [-0.3, -0.25) is 9.35 Å². The minimum Gasteiger partial charge on any atom is -0.293 e. The van der Waals surface area contributed by atoms with Crippen molar-refractivity contribution in [1.82, 2.24) is 0 Å². The Labute approximate surface area is 89.8 Å². The molecule has 76 valence electrons. The quantitative estimate of drug-likeness (QED) is 0.519. The molecule has 14 heavy (non-hydrogen) atoms. The number of hydrogen-bond acceptors (Lipinski definition) is 3. The first-order valence-corrected chi connectivity index (χ1v) is 6.18. The molecule has 0 amide bonds. The lowest BCUT2D eigenvalue weighted by molar-refractivity contribution is 0.102. The van der Waals surface area contributed by atoms with E-state index in [1.165, 1.54) is 24.3 Å². The summed E-state index contributed by atoms with van der Waals surface area (Å²) in [5.74, 6) is -0.146. The first-order chi connectivity index (χ1) is 6.45. The van der Waals surface area contributed by atoms with Crippen LogP contribution in [-0.2, 0) is 10.1 Å². The van der Waals surface area contributed by atoms with Crippen molar-refractivity contribution in [3.05, 3.63) is 29.8 Å². The summed E-state index contributed by atoms with van der Waals surface area (Å²) < 4.78 is 29.9. The van der Waals surface area contributed by atoms with Crippen LogP contribution in [0.3, 0.4) is 0 Å². The van der Waals surface area contributed by atoms with Gasteiger partial charge in [0.2, 0.25) is 0 Å². The van der Waals surface area contributed by atoms with Gasteiger partial charge in [0.15, 0.2) is 5.78 Å². The van der Waals surface area contributed by atoms with Crippen molar-refractivity contribution < 1.29 is 17.8 Å². The van der Waals surface area contributed by atoms with Gasteiger partial charge in [-0.1, -0.05) is 15.9 Å². The van der Waals surface area contributed by atoms with E-state index in [1.54, 1.807) is 0 Å². The Morgan fingerprint density at radius 1 is 1.29 bits per heavy atom. The Balaban J connectivity index is 3.07. The van der Waals surface area contributed by atoms with Crippen LogP contribution in [0.15, 0.2) is 29.2 Å². The van der Waals surface area contributed by atoms with E-state index in [0.29, 0.717) is 5.56 Å². The van der Waals surface area contributed by atoms with Gasteiger partial charge in [0.1, 0.15) is 0 Å². The van der Waals surface area contributed by atoms with E-state index in [0.717, 1.165) is 0 Å². The average Bonchev–Trinajstić information content (AvgIpc) is 2.15. The monoisotopic (exact) mass is 284 g/mol. The van der Waals surface area contributed by atoms with E-state index in [9.17, 15) is 13.2 Å². The lowest BCUT2D eigenvalue weighted by Gasteiger charge is -1.98. The Hall–Kier alpha value is -0.720. The van der Waals surface area contributed by atoms with Crippen LogP contribution in [-0.4, -0.2) is 24.1 Å². The summed E-state index contributed by atoms with van der Waals surface area (Å²) >= 11 is 2.99. The molecule has 4 nitrogen and oxygen atoms in total. The van der Waals surface area contributed by atoms with Gasteiger partial charge in [-0.25, -0.2) is 0 Å². The van der Waals surface area contributed by atoms with Crippen LogP contribution < -0.4 is 0 Å². The topological polar surface area (TPSA) is 71.4 Å². The minimum absolute atomic E-state index is 0.146. The third-order valence-electron chi connectivity index (χ3n) is 1.60. The minimum atomic E-state index is -4.18. The van der Waals surface area contributed by atoms with Crippen LogP contribution >= 0.6 is 15.9 Å². The Kier molecular flexibility index (Phi) is 3.41. The molecule has 1 rings (SSSR count). The van der Waals surface area contributed by atoms with E-state index >= 15 is 0 Å². The van der Waals surface area contributed by atoms with Crippen molar-refractivity contribution in [1.29, 1.82) is 0 Å². The SMILES string of the molecule is O=C(CBr)[13c]1[13cH][13cH][13c](S(=O)(=O)O)[13cH][13cH]1. The van der Waals surface area contributed by atoms with Crippen LogP contribution in [0.25, 0.3) is 0 Å². The van der Waals surface area contributed by atoms with Crippen molar-refractivity contribution >= 4 is 31.8 Å². The van der Waals surface area contributed by atoms with Crippen LogP contribution in [0.1, 0.15) is 10.4 Å². The zero-order valence-electron chi connectivity index (χ0n) is 6.97. The molecule has 0 saturated heterocycles. The number of ketones is 1. The lowest BCUT2D eigenvalue weighted by Crippen LogP contribution is -2.02.